The van der Waals surface area contributed by atoms with Crippen molar-refractivity contribution in [2.45, 2.75) is 24.8 Å². The largest absolute Gasteiger partial charge is 0.478 e. The molecule has 0 aliphatic rings. The van der Waals surface area contributed by atoms with Gasteiger partial charge in [0.2, 0.25) is 15.9 Å². The minimum absolute atomic E-state index is 0.103. The summed E-state index contributed by atoms with van der Waals surface area (Å²) in [6.45, 7) is 3.08. The third-order valence-electron chi connectivity index (χ3n) is 2.35. The van der Waals surface area contributed by atoms with E-state index in [4.69, 9.17) is 5.11 Å². The lowest BCUT2D eigenvalue weighted by Crippen LogP contribution is -2.39. The maximum atomic E-state index is 12.0. The van der Waals surface area contributed by atoms with Crippen LogP contribution in [0.4, 0.5) is 0 Å². The molecular formula is C12H15BrN2O5S. The van der Waals surface area contributed by atoms with Gasteiger partial charge in [0.05, 0.1) is 17.0 Å². The minimum Gasteiger partial charge on any atom is -0.478 e. The summed E-state index contributed by atoms with van der Waals surface area (Å²) in [5, 5.41) is 11.5. The van der Waals surface area contributed by atoms with Crippen molar-refractivity contribution in [1.29, 1.82) is 0 Å². The van der Waals surface area contributed by atoms with Gasteiger partial charge in [0.25, 0.3) is 0 Å². The Morgan fingerprint density at radius 3 is 2.48 bits per heavy atom. The van der Waals surface area contributed by atoms with Crippen LogP contribution < -0.4 is 10.0 Å². The zero-order valence-corrected chi connectivity index (χ0v) is 13.8. The quantitative estimate of drug-likeness (QED) is 0.681. The Balaban J connectivity index is 2.91. The van der Waals surface area contributed by atoms with Crippen LogP contribution in [0.15, 0.2) is 27.6 Å². The molecule has 7 nitrogen and oxygen atoms in total. The summed E-state index contributed by atoms with van der Waals surface area (Å²) in [7, 11) is -3.96. The second-order valence-corrected chi connectivity index (χ2v) is 7.11. The van der Waals surface area contributed by atoms with Crippen LogP contribution >= 0.6 is 15.9 Å². The second-order valence-electron chi connectivity index (χ2n) is 4.49. The number of sulfonamides is 1. The first-order chi connectivity index (χ1) is 9.63. The molecule has 1 rings (SSSR count). The molecule has 0 aliphatic heterocycles. The number of nitrogens with one attached hydrogen (secondary N) is 2. The Hall–Kier alpha value is -1.45. The van der Waals surface area contributed by atoms with Crippen LogP contribution in [0.3, 0.4) is 0 Å². The van der Waals surface area contributed by atoms with Crippen molar-refractivity contribution in [2.75, 3.05) is 6.54 Å². The van der Waals surface area contributed by atoms with Gasteiger partial charge < -0.3 is 10.4 Å². The van der Waals surface area contributed by atoms with Gasteiger partial charge in [-0.2, -0.15) is 0 Å². The highest BCUT2D eigenvalue weighted by Crippen LogP contribution is 2.20. The van der Waals surface area contributed by atoms with Gasteiger partial charge in [-0.1, -0.05) is 0 Å². The smallest absolute Gasteiger partial charge is 0.336 e. The van der Waals surface area contributed by atoms with Crippen LogP contribution in [0.25, 0.3) is 0 Å². The Labute approximate surface area is 130 Å². The van der Waals surface area contributed by atoms with Gasteiger partial charge in [0.1, 0.15) is 0 Å². The molecule has 21 heavy (non-hydrogen) atoms. The lowest BCUT2D eigenvalue weighted by Gasteiger charge is -2.10. The van der Waals surface area contributed by atoms with Crippen LogP contribution in [0.1, 0.15) is 24.2 Å². The normalized spacial score (nSPS) is 11.4. The van der Waals surface area contributed by atoms with Crippen LogP contribution in [0, 0.1) is 0 Å². The number of benzene rings is 1. The number of carbonyl (C=O) groups excluding carboxylic acids is 1. The molecule has 0 heterocycles. The molecule has 0 unspecified atom stereocenters. The molecule has 0 atom stereocenters. The molecule has 1 aromatic rings. The molecule has 1 aromatic carbocycles. The van der Waals surface area contributed by atoms with E-state index in [0.29, 0.717) is 0 Å². The molecule has 0 saturated heterocycles. The highest BCUT2D eigenvalue weighted by molar-refractivity contribution is 9.10. The molecule has 0 bridgehead atoms. The molecular weight excluding hydrogens is 364 g/mol. The van der Waals surface area contributed by atoms with E-state index in [1.165, 1.54) is 12.1 Å². The summed E-state index contributed by atoms with van der Waals surface area (Å²) in [6, 6.07) is 3.49. The van der Waals surface area contributed by atoms with Crippen molar-refractivity contribution in [2.24, 2.45) is 0 Å². The first kappa shape index (κ1) is 17.6. The average molecular weight is 379 g/mol. The summed E-state index contributed by atoms with van der Waals surface area (Å²) < 4.78 is 26.4. The predicted molar refractivity (Wildman–Crippen MR) is 79.6 cm³/mol. The Kier molecular flexibility index (Phi) is 5.87. The van der Waals surface area contributed by atoms with Crippen LogP contribution in [0.2, 0.25) is 0 Å². The maximum absolute atomic E-state index is 12.0. The maximum Gasteiger partial charge on any atom is 0.336 e. The fraction of sp³-hybridized carbons (Fsp3) is 0.333. The number of hydrogen-bond donors (Lipinski definition) is 3. The summed E-state index contributed by atoms with van der Waals surface area (Å²) >= 11 is 3.03. The zero-order chi connectivity index (χ0) is 16.2. The molecule has 0 spiro atoms. The summed E-state index contributed by atoms with van der Waals surface area (Å²) in [5.74, 6) is -1.72. The molecule has 0 fully saturated rings. The van der Waals surface area contributed by atoms with Crippen molar-refractivity contribution < 1.29 is 23.1 Å². The van der Waals surface area contributed by atoms with Crippen molar-refractivity contribution in [3.63, 3.8) is 0 Å². The third-order valence-corrected chi connectivity index (χ3v) is 4.44. The van der Waals surface area contributed by atoms with Crippen molar-refractivity contribution >= 4 is 37.8 Å². The number of carboxylic acids is 1. The molecule has 0 aliphatic carbocycles. The zero-order valence-electron chi connectivity index (χ0n) is 11.4. The molecule has 0 radical (unpaired) electrons. The number of carbonyl (C=O) groups is 2. The van der Waals surface area contributed by atoms with Crippen molar-refractivity contribution in [3.05, 3.63) is 28.2 Å². The van der Waals surface area contributed by atoms with E-state index in [0.717, 1.165) is 6.07 Å². The number of hydrogen-bond acceptors (Lipinski definition) is 4. The van der Waals surface area contributed by atoms with E-state index in [9.17, 15) is 18.0 Å². The monoisotopic (exact) mass is 378 g/mol. The van der Waals surface area contributed by atoms with E-state index in [2.05, 4.69) is 26.0 Å². The van der Waals surface area contributed by atoms with E-state index in [1.54, 1.807) is 13.8 Å². The van der Waals surface area contributed by atoms with Crippen LogP contribution in [0.5, 0.6) is 0 Å². The Morgan fingerprint density at radius 1 is 1.33 bits per heavy atom. The van der Waals surface area contributed by atoms with Gasteiger partial charge in [0.15, 0.2) is 0 Å². The fourth-order valence-electron chi connectivity index (χ4n) is 1.45. The van der Waals surface area contributed by atoms with Gasteiger partial charge in [-0.25, -0.2) is 17.9 Å². The number of halogens is 1. The van der Waals surface area contributed by atoms with E-state index >= 15 is 0 Å². The van der Waals surface area contributed by atoms with E-state index < -0.39 is 28.4 Å². The lowest BCUT2D eigenvalue weighted by atomic mass is 10.2. The molecule has 0 aromatic heterocycles. The van der Waals surface area contributed by atoms with Gasteiger partial charge >= 0.3 is 5.97 Å². The van der Waals surface area contributed by atoms with Gasteiger partial charge in [-0.3, -0.25) is 4.79 Å². The summed E-state index contributed by atoms with van der Waals surface area (Å²) in [4.78, 5) is 22.2. The minimum atomic E-state index is -3.96. The standard InChI is InChI=1S/C12H15BrN2O5S/c1-7(2)15-11(16)6-14-21(19,20)8-3-4-10(13)9(5-8)12(17)18/h3-5,7,14H,6H2,1-2H3,(H,15,16)(H,17,18). The first-order valence-electron chi connectivity index (χ1n) is 5.95. The fourth-order valence-corrected chi connectivity index (χ4v) is 2.88. The molecule has 3 N–H and O–H groups in total. The second kappa shape index (κ2) is 7.01. The Morgan fingerprint density at radius 2 is 1.95 bits per heavy atom. The van der Waals surface area contributed by atoms with Crippen molar-refractivity contribution in [1.82, 2.24) is 10.0 Å². The van der Waals surface area contributed by atoms with Crippen LogP contribution in [-0.4, -0.2) is 38.0 Å². The highest BCUT2D eigenvalue weighted by atomic mass is 79.9. The van der Waals surface area contributed by atoms with Gasteiger partial charge in [-0.15, -0.1) is 0 Å². The Bertz CT molecular complexity index is 658. The number of rotatable bonds is 6. The lowest BCUT2D eigenvalue weighted by molar-refractivity contribution is -0.120. The molecule has 0 saturated carbocycles. The first-order valence-corrected chi connectivity index (χ1v) is 8.23. The van der Waals surface area contributed by atoms with Gasteiger partial charge in [0, 0.05) is 10.5 Å². The number of carboxylic acid groups (broad SMARTS) is 1. The van der Waals surface area contributed by atoms with Gasteiger partial charge in [-0.05, 0) is 48.0 Å². The van der Waals surface area contributed by atoms with Crippen LogP contribution in [-0.2, 0) is 14.8 Å². The number of aromatic carboxylic acids is 1. The third kappa shape index (κ3) is 5.10. The predicted octanol–water partition coefficient (Wildman–Crippen LogP) is 0.950. The summed E-state index contributed by atoms with van der Waals surface area (Å²) in [5.41, 5.74) is -0.176. The topological polar surface area (TPSA) is 113 Å². The van der Waals surface area contributed by atoms with E-state index in [-0.39, 0.29) is 21.0 Å². The van der Waals surface area contributed by atoms with E-state index in [1.807, 2.05) is 0 Å². The number of amides is 1. The SMILES string of the molecule is CC(C)NC(=O)CNS(=O)(=O)c1ccc(Br)c(C(=O)O)c1. The molecule has 116 valence electrons. The molecule has 1 amide bonds. The summed E-state index contributed by atoms with van der Waals surface area (Å²) in [6.07, 6.45) is 0. The van der Waals surface area contributed by atoms with Crippen molar-refractivity contribution in [3.8, 4) is 0 Å². The average Bonchev–Trinajstić information content (AvgIpc) is 2.35. The highest BCUT2D eigenvalue weighted by Gasteiger charge is 2.19. The molecule has 9 heteroatoms.